The molecule has 4 atom stereocenters. The molecule has 1 N–H and O–H groups in total. The molecule has 1 saturated carbocycles. The van der Waals surface area contributed by atoms with Crippen LogP contribution in [-0.2, 0) is 16.3 Å². The smallest absolute Gasteiger partial charge is 0.374 e. The Morgan fingerprint density at radius 1 is 1.21 bits per heavy atom. The first-order chi connectivity index (χ1) is 13.4. The van der Waals surface area contributed by atoms with Crippen LogP contribution in [0, 0.1) is 11.8 Å². The van der Waals surface area contributed by atoms with Crippen molar-refractivity contribution in [2.24, 2.45) is 16.8 Å². The van der Waals surface area contributed by atoms with Crippen LogP contribution in [-0.4, -0.2) is 49.7 Å². The largest absolute Gasteiger partial charge is 0.416 e. The summed E-state index contributed by atoms with van der Waals surface area (Å²) in [4.78, 5) is 6.77. The van der Waals surface area contributed by atoms with E-state index in [-0.39, 0.29) is 29.4 Å². The number of hydrogen-bond donors (Lipinski definition) is 1. The van der Waals surface area contributed by atoms with E-state index in [2.05, 4.69) is 15.2 Å². The van der Waals surface area contributed by atoms with Crippen molar-refractivity contribution >= 4 is 29.9 Å². The highest BCUT2D eigenvalue weighted by molar-refractivity contribution is 14.0. The summed E-state index contributed by atoms with van der Waals surface area (Å²) in [5.41, 5.74) is -0.00640. The number of fused-ring (bicyclic) bond motifs is 5. The number of guanidine groups is 1. The zero-order valence-electron chi connectivity index (χ0n) is 16.4. The van der Waals surface area contributed by atoms with Gasteiger partial charge in [0.25, 0.3) is 0 Å². The van der Waals surface area contributed by atoms with Gasteiger partial charge < -0.3 is 15.0 Å². The normalized spacial score (nSPS) is 32.1. The maximum absolute atomic E-state index is 13.1. The quantitative estimate of drug-likeness (QED) is 0.371. The number of aliphatic imine (C=N–C) groups is 1. The molecule has 4 nitrogen and oxygen atoms in total. The van der Waals surface area contributed by atoms with E-state index in [0.29, 0.717) is 30.6 Å². The first-order valence-corrected chi connectivity index (χ1v) is 10.2. The van der Waals surface area contributed by atoms with Crippen molar-refractivity contribution < 1.29 is 17.9 Å². The molecule has 3 aliphatic heterocycles. The Balaban J connectivity index is 0.00000205. The fraction of sp³-hybridized carbons (Fsp3) is 0.667. The predicted molar refractivity (Wildman–Crippen MR) is 116 cm³/mol. The van der Waals surface area contributed by atoms with Gasteiger partial charge in [-0.1, -0.05) is 18.2 Å². The van der Waals surface area contributed by atoms with E-state index in [0.717, 1.165) is 43.5 Å². The summed E-state index contributed by atoms with van der Waals surface area (Å²) in [7, 11) is 1.78. The first kappa shape index (κ1) is 21.2. The highest BCUT2D eigenvalue weighted by atomic mass is 127. The van der Waals surface area contributed by atoms with E-state index >= 15 is 0 Å². The maximum Gasteiger partial charge on any atom is 0.416 e. The van der Waals surface area contributed by atoms with Crippen molar-refractivity contribution in [1.82, 2.24) is 10.2 Å². The Bertz CT molecular complexity index is 778. The molecule has 0 amide bonds. The van der Waals surface area contributed by atoms with Crippen molar-refractivity contribution in [2.75, 3.05) is 26.7 Å². The van der Waals surface area contributed by atoms with Crippen molar-refractivity contribution in [3.63, 3.8) is 0 Å². The first-order valence-electron chi connectivity index (χ1n) is 10.2. The van der Waals surface area contributed by atoms with Crippen LogP contribution in [0.25, 0.3) is 0 Å². The Kier molecular flexibility index (Phi) is 5.55. The van der Waals surface area contributed by atoms with Crippen molar-refractivity contribution in [1.29, 1.82) is 0 Å². The lowest BCUT2D eigenvalue weighted by Crippen LogP contribution is -2.44. The molecule has 29 heavy (non-hydrogen) atoms. The second kappa shape index (κ2) is 7.59. The van der Waals surface area contributed by atoms with Crippen molar-refractivity contribution in [2.45, 2.75) is 49.5 Å². The molecule has 5 rings (SSSR count). The summed E-state index contributed by atoms with van der Waals surface area (Å²) in [6.45, 7) is 2.54. The zero-order chi connectivity index (χ0) is 19.5. The van der Waals surface area contributed by atoms with Gasteiger partial charge in [0.05, 0.1) is 17.8 Å². The summed E-state index contributed by atoms with van der Waals surface area (Å²) < 4.78 is 45.3. The SMILES string of the molecule is CN=C(NCC1(c2cccc(C(F)(F)F)c2)CC1)N1CC2C3CCC(O3)C2C1.I. The van der Waals surface area contributed by atoms with E-state index < -0.39 is 11.7 Å². The van der Waals surface area contributed by atoms with Gasteiger partial charge in [0.2, 0.25) is 0 Å². The molecule has 0 radical (unpaired) electrons. The standard InChI is InChI=1S/C21H26F3N3O.HI/c1-25-19(27-10-15-16(11-27)18-6-5-17(15)28-18)26-12-20(7-8-20)13-3-2-4-14(9-13)21(22,23)24;/h2-4,9,15-18H,5-8,10-12H2,1H3,(H,25,26);1H. The molecule has 4 unspecified atom stereocenters. The van der Waals surface area contributed by atoms with Gasteiger partial charge in [0.1, 0.15) is 0 Å². The minimum atomic E-state index is -4.30. The van der Waals surface area contributed by atoms with Gasteiger partial charge in [-0.2, -0.15) is 13.2 Å². The topological polar surface area (TPSA) is 36.9 Å². The average molecular weight is 521 g/mol. The number of alkyl halides is 3. The van der Waals surface area contributed by atoms with Crippen molar-refractivity contribution in [3.05, 3.63) is 35.4 Å². The van der Waals surface area contributed by atoms with Crippen LogP contribution in [0.1, 0.15) is 36.8 Å². The predicted octanol–water partition coefficient (Wildman–Crippen LogP) is 4.04. The number of nitrogens with zero attached hydrogens (tertiary/aromatic N) is 2. The molecule has 3 heterocycles. The summed E-state index contributed by atoms with van der Waals surface area (Å²) in [5, 5.41) is 3.46. The molecule has 3 saturated heterocycles. The molecule has 4 aliphatic rings. The number of ether oxygens (including phenoxy) is 1. The number of halogens is 4. The van der Waals surface area contributed by atoms with Crippen LogP contribution < -0.4 is 5.32 Å². The molecule has 0 aromatic heterocycles. The highest BCUT2D eigenvalue weighted by Gasteiger charge is 2.53. The van der Waals surface area contributed by atoms with Gasteiger partial charge >= 0.3 is 6.18 Å². The van der Waals surface area contributed by atoms with Crippen LogP contribution in [0.15, 0.2) is 29.3 Å². The van der Waals surface area contributed by atoms with E-state index in [1.54, 1.807) is 7.05 Å². The second-order valence-electron chi connectivity index (χ2n) is 8.78. The van der Waals surface area contributed by atoms with Gasteiger partial charge in [-0.25, -0.2) is 0 Å². The van der Waals surface area contributed by atoms with Crippen LogP contribution in [0.3, 0.4) is 0 Å². The third kappa shape index (κ3) is 3.75. The summed E-state index contributed by atoms with van der Waals surface area (Å²) in [6.07, 6.45) is 0.651. The third-order valence-electron chi connectivity index (χ3n) is 7.20. The molecule has 2 bridgehead atoms. The Labute approximate surface area is 186 Å². The summed E-state index contributed by atoms with van der Waals surface area (Å²) in [5.74, 6) is 2.05. The van der Waals surface area contributed by atoms with Gasteiger partial charge in [0, 0.05) is 43.9 Å². The fourth-order valence-corrected chi connectivity index (χ4v) is 5.46. The summed E-state index contributed by atoms with van der Waals surface area (Å²) >= 11 is 0. The molecule has 1 aliphatic carbocycles. The van der Waals surface area contributed by atoms with Gasteiger partial charge in [-0.15, -0.1) is 24.0 Å². The van der Waals surface area contributed by atoms with Gasteiger partial charge in [0.15, 0.2) is 5.96 Å². The Morgan fingerprint density at radius 3 is 2.41 bits per heavy atom. The van der Waals surface area contributed by atoms with Crippen LogP contribution >= 0.6 is 24.0 Å². The van der Waals surface area contributed by atoms with E-state index in [4.69, 9.17) is 4.74 Å². The van der Waals surface area contributed by atoms with Gasteiger partial charge in [-0.3, -0.25) is 4.99 Å². The molecular weight excluding hydrogens is 494 g/mol. The average Bonchev–Trinajstić information content (AvgIpc) is 3.02. The molecule has 4 fully saturated rings. The minimum absolute atomic E-state index is 0. The lowest BCUT2D eigenvalue weighted by molar-refractivity contribution is -0.137. The lowest BCUT2D eigenvalue weighted by Gasteiger charge is -2.26. The molecule has 0 spiro atoms. The lowest BCUT2D eigenvalue weighted by atomic mass is 9.82. The molecule has 1 aromatic rings. The minimum Gasteiger partial charge on any atom is -0.374 e. The van der Waals surface area contributed by atoms with Crippen LogP contribution in [0.4, 0.5) is 13.2 Å². The molecule has 160 valence electrons. The fourth-order valence-electron chi connectivity index (χ4n) is 5.46. The Morgan fingerprint density at radius 2 is 1.86 bits per heavy atom. The number of likely N-dealkylation sites (tertiary alicyclic amines) is 1. The molecule has 8 heteroatoms. The van der Waals surface area contributed by atoms with E-state index in [1.807, 2.05) is 6.07 Å². The molecule has 1 aromatic carbocycles. The van der Waals surface area contributed by atoms with Crippen LogP contribution in [0.5, 0.6) is 0 Å². The summed E-state index contributed by atoms with van der Waals surface area (Å²) in [6, 6.07) is 5.80. The van der Waals surface area contributed by atoms with E-state index in [1.165, 1.54) is 25.0 Å². The van der Waals surface area contributed by atoms with Gasteiger partial charge in [-0.05, 0) is 37.3 Å². The molecular formula is C21H27F3IN3O. The Hall–Kier alpha value is -1.03. The second-order valence-corrected chi connectivity index (χ2v) is 8.78. The number of rotatable bonds is 3. The zero-order valence-corrected chi connectivity index (χ0v) is 18.7. The van der Waals surface area contributed by atoms with E-state index in [9.17, 15) is 13.2 Å². The monoisotopic (exact) mass is 521 g/mol. The number of nitrogens with one attached hydrogen (secondary N) is 1. The maximum atomic E-state index is 13.1. The van der Waals surface area contributed by atoms with Crippen molar-refractivity contribution in [3.8, 4) is 0 Å². The van der Waals surface area contributed by atoms with Crippen LogP contribution in [0.2, 0.25) is 0 Å². The number of hydrogen-bond acceptors (Lipinski definition) is 2. The third-order valence-corrected chi connectivity index (χ3v) is 7.20. The highest BCUT2D eigenvalue weighted by Crippen LogP contribution is 2.49. The number of benzene rings is 1.